The van der Waals surface area contributed by atoms with E-state index in [2.05, 4.69) is 4.98 Å². The average molecular weight is 203 g/mol. The Morgan fingerprint density at radius 2 is 2.00 bits per heavy atom. The molecule has 0 saturated carbocycles. The van der Waals surface area contributed by atoms with Gasteiger partial charge >= 0.3 is 0 Å². The van der Waals surface area contributed by atoms with Gasteiger partial charge in [0.25, 0.3) is 0 Å². The summed E-state index contributed by atoms with van der Waals surface area (Å²) >= 11 is 0. The lowest BCUT2D eigenvalue weighted by Crippen LogP contribution is -1.90. The molecule has 3 heteroatoms. The van der Waals surface area contributed by atoms with Crippen LogP contribution in [0.1, 0.15) is 5.56 Å². The lowest BCUT2D eigenvalue weighted by molar-refractivity contribution is 0.475. The van der Waals surface area contributed by atoms with E-state index in [4.69, 9.17) is 0 Å². The number of hydrogen-bond donors (Lipinski definition) is 1. The summed E-state index contributed by atoms with van der Waals surface area (Å²) in [6.45, 7) is 1.67. The lowest BCUT2D eigenvalue weighted by atomic mass is 10.0. The van der Waals surface area contributed by atoms with Gasteiger partial charge < -0.3 is 5.11 Å². The third-order valence-corrected chi connectivity index (χ3v) is 2.31. The monoisotopic (exact) mass is 203 g/mol. The average Bonchev–Trinajstić information content (AvgIpc) is 2.23. The second kappa shape index (κ2) is 3.69. The van der Waals surface area contributed by atoms with Gasteiger partial charge in [-0.1, -0.05) is 12.1 Å². The molecule has 0 aliphatic rings. The fraction of sp³-hybridized carbons (Fsp3) is 0.0833. The van der Waals surface area contributed by atoms with Crippen molar-refractivity contribution in [3.05, 3.63) is 47.9 Å². The van der Waals surface area contributed by atoms with Crippen LogP contribution in [0.3, 0.4) is 0 Å². The largest absolute Gasteiger partial charge is 0.506 e. The van der Waals surface area contributed by atoms with Crippen LogP contribution in [0.2, 0.25) is 0 Å². The van der Waals surface area contributed by atoms with Crippen LogP contribution < -0.4 is 0 Å². The van der Waals surface area contributed by atoms with Gasteiger partial charge in [0.05, 0.1) is 0 Å². The molecule has 76 valence electrons. The molecule has 0 fully saturated rings. The number of benzene rings is 1. The molecule has 0 spiro atoms. The van der Waals surface area contributed by atoms with Gasteiger partial charge in [0, 0.05) is 11.8 Å². The van der Waals surface area contributed by atoms with Crippen molar-refractivity contribution < 1.29 is 9.50 Å². The van der Waals surface area contributed by atoms with Crippen LogP contribution >= 0.6 is 0 Å². The maximum atomic E-state index is 13.3. The van der Waals surface area contributed by atoms with Gasteiger partial charge in [-0.15, -0.1) is 0 Å². The van der Waals surface area contributed by atoms with Gasteiger partial charge in [-0.3, -0.25) is 4.98 Å². The highest BCUT2D eigenvalue weighted by atomic mass is 19.1. The minimum atomic E-state index is -0.294. The summed E-state index contributed by atoms with van der Waals surface area (Å²) in [4.78, 5) is 4.03. The molecule has 0 aliphatic carbocycles. The molecule has 0 unspecified atom stereocenters. The summed E-state index contributed by atoms with van der Waals surface area (Å²) in [5.41, 5.74) is 1.52. The molecular weight excluding hydrogens is 193 g/mol. The van der Waals surface area contributed by atoms with E-state index in [1.807, 2.05) is 0 Å². The van der Waals surface area contributed by atoms with Crippen molar-refractivity contribution in [2.24, 2.45) is 0 Å². The van der Waals surface area contributed by atoms with E-state index in [0.29, 0.717) is 16.8 Å². The molecular formula is C12H10FNO. The first-order valence-electron chi connectivity index (χ1n) is 4.59. The van der Waals surface area contributed by atoms with Gasteiger partial charge in [-0.05, 0) is 30.7 Å². The third-order valence-electron chi connectivity index (χ3n) is 2.31. The fourth-order valence-corrected chi connectivity index (χ4v) is 1.47. The topological polar surface area (TPSA) is 33.1 Å². The van der Waals surface area contributed by atoms with Crippen molar-refractivity contribution in [2.75, 3.05) is 0 Å². The predicted octanol–water partition coefficient (Wildman–Crippen LogP) is 2.90. The Hall–Kier alpha value is -1.90. The predicted molar refractivity (Wildman–Crippen MR) is 56.0 cm³/mol. The number of pyridine rings is 1. The number of rotatable bonds is 1. The van der Waals surface area contributed by atoms with E-state index in [-0.39, 0.29) is 11.6 Å². The standard InChI is InChI=1S/C12H10FNO/c1-8-9(4-2-5-10(8)13)12-11(15)6-3-7-14-12/h2-7,15H,1H3. The summed E-state index contributed by atoms with van der Waals surface area (Å²) < 4.78 is 13.3. The molecule has 2 nitrogen and oxygen atoms in total. The Morgan fingerprint density at radius 3 is 2.73 bits per heavy atom. The minimum Gasteiger partial charge on any atom is -0.506 e. The van der Waals surface area contributed by atoms with Crippen LogP contribution in [-0.4, -0.2) is 10.1 Å². The number of halogens is 1. The second-order valence-corrected chi connectivity index (χ2v) is 3.28. The molecule has 0 amide bonds. The fourth-order valence-electron chi connectivity index (χ4n) is 1.47. The Bertz CT molecular complexity index is 497. The van der Waals surface area contributed by atoms with Gasteiger partial charge in [-0.25, -0.2) is 4.39 Å². The van der Waals surface area contributed by atoms with Crippen LogP contribution in [-0.2, 0) is 0 Å². The molecule has 0 aliphatic heterocycles. The normalized spacial score (nSPS) is 10.3. The maximum Gasteiger partial charge on any atom is 0.141 e. The summed E-state index contributed by atoms with van der Waals surface area (Å²) in [5, 5.41) is 9.59. The quantitative estimate of drug-likeness (QED) is 0.773. The lowest BCUT2D eigenvalue weighted by Gasteiger charge is -2.07. The Labute approximate surface area is 87.0 Å². The molecule has 1 aromatic heterocycles. The van der Waals surface area contributed by atoms with Crippen LogP contribution in [0, 0.1) is 12.7 Å². The molecule has 2 rings (SSSR count). The number of aromatic nitrogens is 1. The zero-order chi connectivity index (χ0) is 10.8. The SMILES string of the molecule is Cc1c(F)cccc1-c1ncccc1O. The molecule has 15 heavy (non-hydrogen) atoms. The molecule has 0 radical (unpaired) electrons. The Kier molecular flexibility index (Phi) is 2.37. The van der Waals surface area contributed by atoms with Crippen molar-refractivity contribution in [3.8, 4) is 17.0 Å². The van der Waals surface area contributed by atoms with E-state index in [1.165, 1.54) is 12.1 Å². The molecule has 1 heterocycles. The van der Waals surface area contributed by atoms with Crippen molar-refractivity contribution >= 4 is 0 Å². The smallest absolute Gasteiger partial charge is 0.141 e. The number of aromatic hydroxyl groups is 1. The molecule has 1 N–H and O–H groups in total. The zero-order valence-corrected chi connectivity index (χ0v) is 8.24. The first-order chi connectivity index (χ1) is 7.20. The van der Waals surface area contributed by atoms with Gasteiger partial charge in [-0.2, -0.15) is 0 Å². The zero-order valence-electron chi connectivity index (χ0n) is 8.24. The van der Waals surface area contributed by atoms with Crippen LogP contribution in [0.4, 0.5) is 4.39 Å². The maximum absolute atomic E-state index is 13.3. The van der Waals surface area contributed by atoms with Crippen molar-refractivity contribution in [3.63, 3.8) is 0 Å². The molecule has 1 aromatic carbocycles. The first kappa shape index (κ1) is 9.65. The van der Waals surface area contributed by atoms with Gasteiger partial charge in [0.1, 0.15) is 17.3 Å². The Balaban J connectivity index is 2.65. The van der Waals surface area contributed by atoms with E-state index < -0.39 is 0 Å². The number of hydrogen-bond acceptors (Lipinski definition) is 2. The summed E-state index contributed by atoms with van der Waals surface area (Å²) in [5.74, 6) is -0.233. The highest BCUT2D eigenvalue weighted by molar-refractivity contribution is 5.68. The van der Waals surface area contributed by atoms with Crippen LogP contribution in [0.25, 0.3) is 11.3 Å². The second-order valence-electron chi connectivity index (χ2n) is 3.28. The van der Waals surface area contributed by atoms with Crippen molar-refractivity contribution in [2.45, 2.75) is 6.92 Å². The van der Waals surface area contributed by atoms with Gasteiger partial charge in [0.15, 0.2) is 0 Å². The van der Waals surface area contributed by atoms with E-state index in [1.54, 1.807) is 31.3 Å². The third kappa shape index (κ3) is 1.68. The molecule has 2 aromatic rings. The molecule has 0 bridgehead atoms. The number of nitrogens with zero attached hydrogens (tertiary/aromatic N) is 1. The van der Waals surface area contributed by atoms with Gasteiger partial charge in [0.2, 0.25) is 0 Å². The van der Waals surface area contributed by atoms with E-state index >= 15 is 0 Å². The van der Waals surface area contributed by atoms with E-state index in [0.717, 1.165) is 0 Å². The highest BCUT2D eigenvalue weighted by Gasteiger charge is 2.10. The van der Waals surface area contributed by atoms with Crippen LogP contribution in [0.5, 0.6) is 5.75 Å². The molecule has 0 saturated heterocycles. The first-order valence-corrected chi connectivity index (χ1v) is 4.59. The van der Waals surface area contributed by atoms with Crippen molar-refractivity contribution in [1.82, 2.24) is 4.98 Å². The minimum absolute atomic E-state index is 0.0613. The van der Waals surface area contributed by atoms with Crippen molar-refractivity contribution in [1.29, 1.82) is 0 Å². The summed E-state index contributed by atoms with van der Waals surface area (Å²) in [6, 6.07) is 7.89. The van der Waals surface area contributed by atoms with Crippen LogP contribution in [0.15, 0.2) is 36.5 Å². The highest BCUT2D eigenvalue weighted by Crippen LogP contribution is 2.29. The summed E-state index contributed by atoms with van der Waals surface area (Å²) in [7, 11) is 0. The Morgan fingerprint density at radius 1 is 1.20 bits per heavy atom. The molecule has 0 atom stereocenters. The van der Waals surface area contributed by atoms with E-state index in [9.17, 15) is 9.50 Å². The summed E-state index contributed by atoms with van der Waals surface area (Å²) in [6.07, 6.45) is 1.57.